The number of rotatable bonds is 5. The number of hydrogen-bond acceptors (Lipinski definition) is 4. The highest BCUT2D eigenvalue weighted by Crippen LogP contribution is 2.14. The van der Waals surface area contributed by atoms with Crippen LogP contribution in [0.25, 0.3) is 0 Å². The average molecular weight is 322 g/mol. The lowest BCUT2D eigenvalue weighted by molar-refractivity contribution is -0.114. The van der Waals surface area contributed by atoms with Crippen molar-refractivity contribution in [2.24, 2.45) is 0 Å². The van der Waals surface area contributed by atoms with Gasteiger partial charge >= 0.3 is 0 Å². The second-order valence-electron chi connectivity index (χ2n) is 4.68. The molecule has 0 saturated heterocycles. The summed E-state index contributed by atoms with van der Waals surface area (Å²) in [5, 5.41) is 5.28. The van der Waals surface area contributed by atoms with E-state index >= 15 is 0 Å². The third-order valence-corrected chi connectivity index (χ3v) is 4.01. The Morgan fingerprint density at radius 2 is 1.73 bits per heavy atom. The first-order valence-electron chi connectivity index (χ1n) is 6.44. The molecule has 1 amide bonds. The Balaban J connectivity index is 1.94. The van der Waals surface area contributed by atoms with Crippen LogP contribution in [0.4, 0.5) is 15.8 Å². The number of nitrogens with one attached hydrogen (secondary N) is 2. The number of halogens is 1. The van der Waals surface area contributed by atoms with Crippen molar-refractivity contribution in [3.63, 3.8) is 0 Å². The van der Waals surface area contributed by atoms with Crippen LogP contribution in [-0.2, 0) is 14.6 Å². The molecule has 22 heavy (non-hydrogen) atoms. The van der Waals surface area contributed by atoms with E-state index in [0.717, 1.165) is 6.26 Å². The zero-order valence-corrected chi connectivity index (χ0v) is 12.7. The van der Waals surface area contributed by atoms with Crippen molar-refractivity contribution in [3.8, 4) is 0 Å². The maximum absolute atomic E-state index is 13.4. The Bertz CT molecular complexity index is 774. The summed E-state index contributed by atoms with van der Waals surface area (Å²) in [6, 6.07) is 11.9. The fourth-order valence-electron chi connectivity index (χ4n) is 1.77. The molecular weight excluding hydrogens is 307 g/mol. The molecule has 0 spiro atoms. The highest BCUT2D eigenvalue weighted by Gasteiger charge is 2.08. The normalized spacial score (nSPS) is 11.0. The van der Waals surface area contributed by atoms with E-state index < -0.39 is 15.7 Å². The van der Waals surface area contributed by atoms with Crippen LogP contribution in [-0.4, -0.2) is 27.1 Å². The lowest BCUT2D eigenvalue weighted by Crippen LogP contribution is -2.22. The fourth-order valence-corrected chi connectivity index (χ4v) is 2.40. The summed E-state index contributed by atoms with van der Waals surface area (Å²) in [6.07, 6.45) is 1.11. The third kappa shape index (κ3) is 4.29. The van der Waals surface area contributed by atoms with Gasteiger partial charge in [-0.05, 0) is 36.4 Å². The van der Waals surface area contributed by atoms with Crippen molar-refractivity contribution in [2.45, 2.75) is 4.90 Å². The molecule has 2 aromatic carbocycles. The van der Waals surface area contributed by atoms with Crippen LogP contribution in [0.2, 0.25) is 0 Å². The predicted molar refractivity (Wildman–Crippen MR) is 83.1 cm³/mol. The van der Waals surface area contributed by atoms with Crippen molar-refractivity contribution >= 4 is 27.1 Å². The van der Waals surface area contributed by atoms with Crippen LogP contribution in [0.15, 0.2) is 53.4 Å². The minimum absolute atomic E-state index is 0.102. The zero-order valence-electron chi connectivity index (χ0n) is 11.8. The number of amides is 1. The van der Waals surface area contributed by atoms with Gasteiger partial charge in [0.1, 0.15) is 5.82 Å². The maximum atomic E-state index is 13.4. The van der Waals surface area contributed by atoms with Crippen LogP contribution in [0, 0.1) is 5.82 Å². The Hall–Kier alpha value is -2.41. The Morgan fingerprint density at radius 3 is 2.32 bits per heavy atom. The molecule has 0 radical (unpaired) electrons. The largest absolute Gasteiger partial charge is 0.374 e. The second-order valence-corrected chi connectivity index (χ2v) is 6.69. The zero-order chi connectivity index (χ0) is 16.2. The Labute approximate surface area is 128 Å². The van der Waals surface area contributed by atoms with Gasteiger partial charge < -0.3 is 10.6 Å². The summed E-state index contributed by atoms with van der Waals surface area (Å²) in [5.41, 5.74) is 0.706. The van der Waals surface area contributed by atoms with Gasteiger partial charge in [-0.3, -0.25) is 4.79 Å². The van der Waals surface area contributed by atoms with Gasteiger partial charge in [-0.25, -0.2) is 12.8 Å². The van der Waals surface area contributed by atoms with Gasteiger partial charge in [-0.2, -0.15) is 0 Å². The summed E-state index contributed by atoms with van der Waals surface area (Å²) in [6.45, 7) is -0.102. The Kier molecular flexibility index (Phi) is 4.77. The van der Waals surface area contributed by atoms with Gasteiger partial charge in [-0.1, -0.05) is 12.1 Å². The van der Waals surface area contributed by atoms with Crippen LogP contribution < -0.4 is 10.6 Å². The van der Waals surface area contributed by atoms with Crippen LogP contribution in [0.3, 0.4) is 0 Å². The minimum Gasteiger partial charge on any atom is -0.374 e. The molecule has 2 aromatic rings. The van der Waals surface area contributed by atoms with E-state index in [4.69, 9.17) is 0 Å². The summed E-state index contributed by atoms with van der Waals surface area (Å²) >= 11 is 0. The third-order valence-electron chi connectivity index (χ3n) is 2.88. The molecule has 0 aliphatic carbocycles. The summed E-state index contributed by atoms with van der Waals surface area (Å²) < 4.78 is 36.0. The van der Waals surface area contributed by atoms with Crippen LogP contribution >= 0.6 is 0 Å². The molecule has 7 heteroatoms. The van der Waals surface area contributed by atoms with E-state index in [1.807, 2.05) is 0 Å². The van der Waals surface area contributed by atoms with Gasteiger partial charge in [0.05, 0.1) is 17.1 Å². The SMILES string of the molecule is CS(=O)(=O)c1ccc(NC(=O)CNc2ccccc2F)cc1. The average Bonchev–Trinajstić information content (AvgIpc) is 2.46. The molecule has 0 bridgehead atoms. The minimum atomic E-state index is -3.27. The molecule has 0 aliphatic rings. The standard InChI is InChI=1S/C15H15FN2O3S/c1-22(20,21)12-8-6-11(7-9-12)18-15(19)10-17-14-5-3-2-4-13(14)16/h2-9,17H,10H2,1H3,(H,18,19). The van der Waals surface area contributed by atoms with E-state index in [1.54, 1.807) is 12.1 Å². The summed E-state index contributed by atoms with van der Waals surface area (Å²) in [5.74, 6) is -0.803. The fraction of sp³-hybridized carbons (Fsp3) is 0.133. The molecule has 0 unspecified atom stereocenters. The Morgan fingerprint density at radius 1 is 1.09 bits per heavy atom. The van der Waals surface area contributed by atoms with E-state index in [2.05, 4.69) is 10.6 Å². The molecule has 0 aliphatic heterocycles. The van der Waals surface area contributed by atoms with Crippen LogP contribution in [0.5, 0.6) is 0 Å². The number of hydrogen-bond donors (Lipinski definition) is 2. The predicted octanol–water partition coefficient (Wildman–Crippen LogP) is 2.28. The molecular formula is C15H15FN2O3S. The van der Waals surface area contributed by atoms with E-state index in [9.17, 15) is 17.6 Å². The number of carbonyl (C=O) groups excluding carboxylic acids is 1. The lowest BCUT2D eigenvalue weighted by Gasteiger charge is -2.09. The van der Waals surface area contributed by atoms with Gasteiger partial charge in [-0.15, -0.1) is 0 Å². The second kappa shape index (κ2) is 6.57. The van der Waals surface area contributed by atoms with Crippen molar-refractivity contribution in [2.75, 3.05) is 23.4 Å². The molecule has 2 N–H and O–H groups in total. The van der Waals surface area contributed by atoms with Gasteiger partial charge in [0, 0.05) is 11.9 Å². The quantitative estimate of drug-likeness (QED) is 0.885. The van der Waals surface area contributed by atoms with Crippen molar-refractivity contribution in [1.29, 1.82) is 0 Å². The van der Waals surface area contributed by atoms with E-state index in [-0.39, 0.29) is 23.0 Å². The molecule has 0 heterocycles. The van der Waals surface area contributed by atoms with Gasteiger partial charge in [0.15, 0.2) is 9.84 Å². The monoisotopic (exact) mass is 322 g/mol. The van der Waals surface area contributed by atoms with Gasteiger partial charge in [0.2, 0.25) is 5.91 Å². The van der Waals surface area contributed by atoms with E-state index in [0.29, 0.717) is 5.69 Å². The highest BCUT2D eigenvalue weighted by molar-refractivity contribution is 7.90. The number of benzene rings is 2. The summed E-state index contributed by atoms with van der Waals surface area (Å²) in [4.78, 5) is 11.9. The molecule has 0 fully saturated rings. The molecule has 2 rings (SSSR count). The molecule has 0 saturated carbocycles. The van der Waals surface area contributed by atoms with E-state index in [1.165, 1.54) is 36.4 Å². The molecule has 5 nitrogen and oxygen atoms in total. The molecule has 0 aromatic heterocycles. The molecule has 116 valence electrons. The van der Waals surface area contributed by atoms with Crippen LogP contribution in [0.1, 0.15) is 0 Å². The van der Waals surface area contributed by atoms with Crippen molar-refractivity contribution in [3.05, 3.63) is 54.3 Å². The number of para-hydroxylation sites is 1. The van der Waals surface area contributed by atoms with Gasteiger partial charge in [0.25, 0.3) is 0 Å². The number of anilines is 2. The smallest absolute Gasteiger partial charge is 0.243 e. The first kappa shape index (κ1) is 16.0. The maximum Gasteiger partial charge on any atom is 0.243 e. The molecule has 0 atom stereocenters. The number of carbonyl (C=O) groups is 1. The summed E-state index contributed by atoms with van der Waals surface area (Å²) in [7, 11) is -3.27. The van der Waals surface area contributed by atoms with Crippen molar-refractivity contribution in [1.82, 2.24) is 0 Å². The topological polar surface area (TPSA) is 75.3 Å². The van der Waals surface area contributed by atoms with Crippen molar-refractivity contribution < 1.29 is 17.6 Å². The number of sulfone groups is 1. The first-order chi connectivity index (χ1) is 10.4. The first-order valence-corrected chi connectivity index (χ1v) is 8.34. The highest BCUT2D eigenvalue weighted by atomic mass is 32.2. The lowest BCUT2D eigenvalue weighted by atomic mass is 10.3.